The first-order chi connectivity index (χ1) is 14.4. The number of methoxy groups -OCH3 is 1. The lowest BCUT2D eigenvalue weighted by molar-refractivity contribution is -0.143. The number of rotatable bonds is 7. The number of amidine groups is 1. The van der Waals surface area contributed by atoms with Gasteiger partial charge in [0.25, 0.3) is 0 Å². The second kappa shape index (κ2) is 9.75. The van der Waals surface area contributed by atoms with Crippen LogP contribution in [0, 0.1) is 11.2 Å². The van der Waals surface area contributed by atoms with Gasteiger partial charge in [-0.1, -0.05) is 12.1 Å². The summed E-state index contributed by atoms with van der Waals surface area (Å²) in [6.07, 6.45) is 0.962. The normalized spacial score (nSPS) is 17.4. The number of esters is 1. The number of carbonyl (C=O) groups is 2. The van der Waals surface area contributed by atoms with E-state index in [9.17, 15) is 14.0 Å². The Morgan fingerprint density at radius 2 is 1.93 bits per heavy atom. The molecule has 10 heteroatoms. The molecule has 3 rings (SSSR count). The van der Waals surface area contributed by atoms with Crippen LogP contribution in [0.3, 0.4) is 0 Å². The summed E-state index contributed by atoms with van der Waals surface area (Å²) in [5.41, 5.74) is 5.86. The zero-order valence-corrected chi connectivity index (χ0v) is 16.9. The highest BCUT2D eigenvalue weighted by Gasteiger charge is 2.33. The lowest BCUT2D eigenvalue weighted by atomic mass is 10.1. The first kappa shape index (κ1) is 21.8. The van der Waals surface area contributed by atoms with Gasteiger partial charge in [0.1, 0.15) is 18.9 Å². The van der Waals surface area contributed by atoms with Gasteiger partial charge in [0.05, 0.1) is 25.0 Å². The summed E-state index contributed by atoms with van der Waals surface area (Å²) in [4.78, 5) is 26.6. The van der Waals surface area contributed by atoms with E-state index in [-0.39, 0.29) is 42.7 Å². The van der Waals surface area contributed by atoms with Crippen LogP contribution in [0.5, 0.6) is 0 Å². The Labute approximate surface area is 174 Å². The zero-order chi connectivity index (χ0) is 21.7. The number of hydrogen-bond acceptors (Lipinski definition) is 7. The molecule has 2 aliphatic rings. The number of nitrogens with one attached hydrogen (secondary N) is 1. The van der Waals surface area contributed by atoms with Gasteiger partial charge >= 0.3 is 12.1 Å². The third-order valence-electron chi connectivity index (χ3n) is 5.23. The molecule has 2 fully saturated rings. The maximum absolute atomic E-state index is 14.8. The van der Waals surface area contributed by atoms with Crippen LogP contribution < -0.4 is 10.6 Å². The summed E-state index contributed by atoms with van der Waals surface area (Å²) < 4.78 is 30.6. The fourth-order valence-electron chi connectivity index (χ4n) is 3.58. The molecule has 0 spiro atoms. The van der Waals surface area contributed by atoms with Gasteiger partial charge in [0.2, 0.25) is 0 Å². The fraction of sp³-hybridized carbons (Fsp3) is 0.550. The molecular weight excluding hydrogens is 395 g/mol. The summed E-state index contributed by atoms with van der Waals surface area (Å²) in [5.74, 6) is -1.39. The van der Waals surface area contributed by atoms with Crippen LogP contribution in [0.15, 0.2) is 18.2 Å². The van der Waals surface area contributed by atoms with Crippen molar-refractivity contribution in [2.45, 2.75) is 38.1 Å². The highest BCUT2D eigenvalue weighted by molar-refractivity contribution is 5.94. The molecule has 1 aromatic carbocycles. The Hall–Kier alpha value is -2.88. The Balaban J connectivity index is 1.46. The molecular formula is C20H27FN4O5. The molecule has 2 heterocycles. The molecule has 2 aliphatic heterocycles. The quantitative estimate of drug-likeness (QED) is 0.389. The maximum Gasteiger partial charge on any atom is 0.409 e. The number of carbonyl (C=O) groups excluding carboxylic acids is 2. The van der Waals surface area contributed by atoms with E-state index in [0.29, 0.717) is 31.9 Å². The number of hydrogen-bond donors (Lipinski definition) is 2. The van der Waals surface area contributed by atoms with Crippen molar-refractivity contribution in [3.8, 4) is 0 Å². The first-order valence-electron chi connectivity index (χ1n) is 9.86. The third kappa shape index (κ3) is 5.38. The predicted octanol–water partition coefficient (Wildman–Crippen LogP) is 1.63. The Kier molecular flexibility index (Phi) is 7.09. The average Bonchev–Trinajstić information content (AvgIpc) is 2.69. The van der Waals surface area contributed by atoms with Gasteiger partial charge in [-0.3, -0.25) is 10.2 Å². The number of ether oxygens (including phenoxy) is 3. The Morgan fingerprint density at radius 1 is 1.23 bits per heavy atom. The molecule has 1 aromatic rings. The number of nitrogens with zero attached hydrogens (tertiary/aromatic N) is 2. The summed E-state index contributed by atoms with van der Waals surface area (Å²) >= 11 is 0. The summed E-state index contributed by atoms with van der Waals surface area (Å²) in [7, 11) is 1.37. The van der Waals surface area contributed by atoms with Crippen molar-refractivity contribution in [2.75, 3.05) is 38.2 Å². The van der Waals surface area contributed by atoms with Crippen LogP contribution in [0.1, 0.15) is 24.8 Å². The van der Waals surface area contributed by atoms with E-state index in [4.69, 9.17) is 25.4 Å². The Morgan fingerprint density at radius 3 is 2.57 bits per heavy atom. The van der Waals surface area contributed by atoms with Crippen molar-refractivity contribution in [1.82, 2.24) is 4.90 Å². The number of likely N-dealkylation sites (tertiary alicyclic amines) is 1. The average molecular weight is 422 g/mol. The largest absolute Gasteiger partial charge is 0.460 e. The number of benzene rings is 1. The fourth-order valence-corrected chi connectivity index (χ4v) is 3.58. The lowest BCUT2D eigenvalue weighted by Crippen LogP contribution is -2.55. The topological polar surface area (TPSA) is 118 Å². The summed E-state index contributed by atoms with van der Waals surface area (Å²) in [6.45, 7) is 2.14. The number of halogens is 1. The highest BCUT2D eigenvalue weighted by atomic mass is 19.1. The molecule has 0 bridgehead atoms. The van der Waals surface area contributed by atoms with Gasteiger partial charge < -0.3 is 29.7 Å². The number of nitrogens with two attached hydrogens (primary N) is 1. The van der Waals surface area contributed by atoms with E-state index in [0.717, 1.165) is 12.8 Å². The van der Waals surface area contributed by atoms with Gasteiger partial charge in [0, 0.05) is 31.7 Å². The highest BCUT2D eigenvalue weighted by Crippen LogP contribution is 2.29. The number of anilines is 1. The maximum atomic E-state index is 14.8. The standard InChI is InChI=1S/C20H27FN4O5/c1-28-20(27)24-7-5-14(6-8-24)30-15-10-25(11-15)16-4-2-3-13(19(16)21)12-29-18(26)9-17(22)23/h2-4,14-15H,5-12H2,1H3,(H3,22,23). The second-order valence-electron chi connectivity index (χ2n) is 7.43. The van der Waals surface area contributed by atoms with Crippen LogP contribution >= 0.6 is 0 Å². The molecule has 0 aliphatic carbocycles. The SMILES string of the molecule is COC(=O)N1CCC(OC2CN(c3cccc(COC(=O)CC(=N)N)c3F)C2)CC1. The number of piperidine rings is 1. The first-order valence-corrected chi connectivity index (χ1v) is 9.86. The third-order valence-corrected chi connectivity index (χ3v) is 5.23. The minimum atomic E-state index is -0.664. The molecule has 0 saturated carbocycles. The van der Waals surface area contributed by atoms with E-state index >= 15 is 0 Å². The minimum Gasteiger partial charge on any atom is -0.460 e. The predicted molar refractivity (Wildman–Crippen MR) is 107 cm³/mol. The van der Waals surface area contributed by atoms with E-state index < -0.39 is 11.8 Å². The minimum absolute atomic E-state index is 0.0103. The van der Waals surface area contributed by atoms with Crippen molar-refractivity contribution < 1.29 is 28.2 Å². The molecule has 0 radical (unpaired) electrons. The van der Waals surface area contributed by atoms with E-state index in [1.54, 1.807) is 23.1 Å². The van der Waals surface area contributed by atoms with Gasteiger partial charge in [-0.25, -0.2) is 9.18 Å². The van der Waals surface area contributed by atoms with Crippen molar-refractivity contribution >= 4 is 23.6 Å². The van der Waals surface area contributed by atoms with Crippen molar-refractivity contribution in [3.05, 3.63) is 29.6 Å². The zero-order valence-electron chi connectivity index (χ0n) is 16.9. The van der Waals surface area contributed by atoms with Crippen LogP contribution in [0.4, 0.5) is 14.9 Å². The molecule has 3 N–H and O–H groups in total. The smallest absolute Gasteiger partial charge is 0.409 e. The van der Waals surface area contributed by atoms with Crippen LogP contribution in [-0.2, 0) is 25.6 Å². The van der Waals surface area contributed by atoms with Gasteiger partial charge in [-0.15, -0.1) is 0 Å². The molecule has 2 saturated heterocycles. The van der Waals surface area contributed by atoms with Gasteiger partial charge in [-0.2, -0.15) is 0 Å². The molecule has 30 heavy (non-hydrogen) atoms. The van der Waals surface area contributed by atoms with E-state index in [1.165, 1.54) is 7.11 Å². The molecule has 0 atom stereocenters. The van der Waals surface area contributed by atoms with Crippen LogP contribution in [0.2, 0.25) is 0 Å². The Bertz CT molecular complexity index is 791. The summed E-state index contributed by atoms with van der Waals surface area (Å²) in [5, 5.41) is 7.08. The van der Waals surface area contributed by atoms with E-state index in [2.05, 4.69) is 0 Å². The molecule has 9 nitrogen and oxygen atoms in total. The van der Waals surface area contributed by atoms with E-state index in [1.807, 2.05) is 4.90 Å². The van der Waals surface area contributed by atoms with Crippen molar-refractivity contribution in [3.63, 3.8) is 0 Å². The van der Waals surface area contributed by atoms with Gasteiger partial charge in [0.15, 0.2) is 5.82 Å². The van der Waals surface area contributed by atoms with Crippen molar-refractivity contribution in [1.29, 1.82) is 5.41 Å². The summed E-state index contributed by atoms with van der Waals surface area (Å²) in [6, 6.07) is 4.95. The van der Waals surface area contributed by atoms with Crippen molar-refractivity contribution in [2.24, 2.45) is 5.73 Å². The van der Waals surface area contributed by atoms with Crippen LogP contribution in [-0.4, -0.2) is 68.3 Å². The monoisotopic (exact) mass is 422 g/mol. The lowest BCUT2D eigenvalue weighted by Gasteiger charge is -2.43. The molecule has 0 unspecified atom stereocenters. The second-order valence-corrected chi connectivity index (χ2v) is 7.43. The number of amides is 1. The van der Waals surface area contributed by atoms with Crippen LogP contribution in [0.25, 0.3) is 0 Å². The molecule has 164 valence electrons. The molecule has 1 amide bonds. The van der Waals surface area contributed by atoms with Gasteiger partial charge in [-0.05, 0) is 18.9 Å². The molecule has 0 aromatic heterocycles.